The maximum Gasteiger partial charge on any atom is -0.0386 e. The molecule has 0 aromatic heterocycles. The molecule has 0 aliphatic heterocycles. The van der Waals surface area contributed by atoms with Crippen molar-refractivity contribution in [1.29, 1.82) is 0 Å². The monoisotopic (exact) mass is 805 g/mol. The van der Waals surface area contributed by atoms with Crippen LogP contribution in [0.1, 0.15) is 333 Å². The van der Waals surface area contributed by atoms with Crippen molar-refractivity contribution in [3.05, 3.63) is 0 Å². The molecule has 0 amide bonds. The molecule has 0 heterocycles. The van der Waals surface area contributed by atoms with Gasteiger partial charge in [0.2, 0.25) is 0 Å². The lowest BCUT2D eigenvalue weighted by Crippen LogP contribution is -2.22. The van der Waals surface area contributed by atoms with Crippen LogP contribution in [0.3, 0.4) is 0 Å². The van der Waals surface area contributed by atoms with Gasteiger partial charge in [0.1, 0.15) is 0 Å². The SMILES string of the molecule is C1CCC(CC2CCCCC2)CC1.C1CCC2CCCCC2C1.C1CCC2CCCCC2C1.C1CCCCC1.CCC.CCC.CCC.CCC.CCC.CCC. The van der Waals surface area contributed by atoms with Crippen LogP contribution in [0, 0.1) is 35.5 Å². The Morgan fingerprint density at radius 1 is 0.193 bits per heavy atom. The molecule has 0 unspecified atom stereocenters. The lowest BCUT2D eigenvalue weighted by atomic mass is 9.71. The van der Waals surface area contributed by atoms with Crippen LogP contribution in [0.25, 0.3) is 0 Å². The van der Waals surface area contributed by atoms with Crippen molar-refractivity contribution in [1.82, 2.24) is 0 Å². The second-order valence-corrected chi connectivity index (χ2v) is 19.8. The molecule has 0 bridgehead atoms. The van der Waals surface area contributed by atoms with Crippen LogP contribution < -0.4 is 0 Å². The molecule has 7 rings (SSSR count). The van der Waals surface area contributed by atoms with E-state index in [-0.39, 0.29) is 0 Å². The van der Waals surface area contributed by atoms with Crippen LogP contribution in [0.2, 0.25) is 0 Å². The maximum absolute atomic E-state index is 2.12. The highest BCUT2D eigenvalue weighted by Gasteiger charge is 2.28. The first-order chi connectivity index (χ1) is 27.9. The van der Waals surface area contributed by atoms with Crippen LogP contribution in [-0.2, 0) is 0 Å². The largest absolute Gasteiger partial charge is 0.0656 e. The second-order valence-electron chi connectivity index (χ2n) is 19.8. The van der Waals surface area contributed by atoms with Gasteiger partial charge in [0.25, 0.3) is 0 Å². The predicted octanol–water partition coefficient (Wildman–Crippen LogP) is 22.1. The molecule has 0 atom stereocenters. The maximum atomic E-state index is 2.12. The van der Waals surface area contributed by atoms with Crippen molar-refractivity contribution in [3.8, 4) is 0 Å². The fraction of sp³-hybridized carbons (Fsp3) is 1.00. The van der Waals surface area contributed by atoms with Gasteiger partial charge in [-0.1, -0.05) is 327 Å². The zero-order valence-electron chi connectivity index (χ0n) is 43.0. The summed E-state index contributed by atoms with van der Waals surface area (Å²) < 4.78 is 0. The molecule has 0 saturated heterocycles. The molecule has 0 N–H and O–H groups in total. The van der Waals surface area contributed by atoms with Gasteiger partial charge in [0, 0.05) is 0 Å². The normalized spacial score (nSPS) is 25.1. The molecule has 57 heavy (non-hydrogen) atoms. The Morgan fingerprint density at radius 3 is 0.474 bits per heavy atom. The fourth-order valence-electron chi connectivity index (χ4n) is 10.1. The zero-order chi connectivity index (χ0) is 43.0. The van der Waals surface area contributed by atoms with Crippen molar-refractivity contribution < 1.29 is 0 Å². The molecular weight excluding hydrogens is 685 g/mol. The summed E-state index contributed by atoms with van der Waals surface area (Å²) in [5, 5.41) is 0. The van der Waals surface area contributed by atoms with Crippen molar-refractivity contribution >= 4 is 0 Å². The summed E-state index contributed by atoms with van der Waals surface area (Å²) in [5.41, 5.74) is 0. The number of rotatable bonds is 2. The van der Waals surface area contributed by atoms with Crippen LogP contribution in [0.5, 0.6) is 0 Å². The van der Waals surface area contributed by atoms with Gasteiger partial charge in [0.15, 0.2) is 0 Å². The minimum absolute atomic E-state index is 1.12. The smallest absolute Gasteiger partial charge is 0.0386 e. The Kier molecular flexibility index (Phi) is 56.1. The molecule has 0 spiro atoms. The Labute approximate surface area is 367 Å². The van der Waals surface area contributed by atoms with Gasteiger partial charge in [-0.05, 0) is 41.9 Å². The van der Waals surface area contributed by atoms with E-state index in [1.165, 1.54) is 167 Å². The highest BCUT2D eigenvalue weighted by Crippen LogP contribution is 2.41. The summed E-state index contributed by atoms with van der Waals surface area (Å²) in [6, 6.07) is 0. The Hall–Kier alpha value is 0. The molecule has 0 heteroatoms. The first-order valence-corrected chi connectivity index (χ1v) is 27.9. The van der Waals surface area contributed by atoms with Crippen molar-refractivity contribution in [2.45, 2.75) is 333 Å². The van der Waals surface area contributed by atoms with E-state index in [2.05, 4.69) is 83.1 Å². The molecule has 7 fully saturated rings. The molecular formula is C57H120. The van der Waals surface area contributed by atoms with Crippen LogP contribution in [-0.4, -0.2) is 0 Å². The Morgan fingerprint density at radius 2 is 0.316 bits per heavy atom. The van der Waals surface area contributed by atoms with E-state index >= 15 is 0 Å². The topological polar surface area (TPSA) is 0 Å². The van der Waals surface area contributed by atoms with Gasteiger partial charge in [-0.15, -0.1) is 0 Å². The lowest BCUT2D eigenvalue weighted by Gasteiger charge is -2.35. The molecule has 7 aliphatic carbocycles. The molecule has 7 aliphatic rings. The van der Waals surface area contributed by atoms with Gasteiger partial charge in [-0.3, -0.25) is 0 Å². The molecule has 0 aromatic carbocycles. The third-order valence-corrected chi connectivity index (χ3v) is 12.5. The summed E-state index contributed by atoms with van der Waals surface area (Å²) in [4.78, 5) is 0. The van der Waals surface area contributed by atoms with Gasteiger partial charge >= 0.3 is 0 Å². The quantitative estimate of drug-likeness (QED) is 0.261. The van der Waals surface area contributed by atoms with E-state index < -0.39 is 0 Å². The summed E-state index contributed by atoms with van der Waals surface area (Å²) >= 11 is 0. The highest BCUT2D eigenvalue weighted by molar-refractivity contribution is 4.80. The van der Waals surface area contributed by atoms with E-state index in [1.807, 2.05) is 0 Å². The minimum Gasteiger partial charge on any atom is -0.0656 e. The number of fused-ring (bicyclic) bond motifs is 2. The fourth-order valence-corrected chi connectivity index (χ4v) is 10.1. The third-order valence-electron chi connectivity index (χ3n) is 12.5. The summed E-state index contributed by atoms with van der Waals surface area (Å²) in [7, 11) is 0. The summed E-state index contributed by atoms with van der Waals surface area (Å²) in [6.45, 7) is 25.5. The van der Waals surface area contributed by atoms with E-state index in [9.17, 15) is 0 Å². The third kappa shape index (κ3) is 42.5. The van der Waals surface area contributed by atoms with Gasteiger partial charge in [-0.2, -0.15) is 0 Å². The van der Waals surface area contributed by atoms with Crippen molar-refractivity contribution in [2.75, 3.05) is 0 Å². The molecule has 0 radical (unpaired) electrons. The summed E-state index contributed by atoms with van der Waals surface area (Å²) in [5.74, 6) is 6.86. The standard InChI is InChI=1S/C13H24.2C10H18.C6H12.6C3H8/c1-3-7-12(8-4-1)11-13-9-5-2-6-10-13;2*1-2-6-10-8-4-3-7-9(10)5-1;1-2-4-6-5-3-1;6*1-3-2/h12-13H,1-11H2;2*9-10H,1-8H2;1-6H2;6*3H2,1-2H3. The van der Waals surface area contributed by atoms with E-state index in [1.54, 1.807) is 83.5 Å². The molecule has 7 saturated carbocycles. The van der Waals surface area contributed by atoms with E-state index in [0.717, 1.165) is 35.5 Å². The number of hydrogen-bond acceptors (Lipinski definition) is 0. The van der Waals surface area contributed by atoms with Gasteiger partial charge in [-0.25, -0.2) is 0 Å². The summed E-state index contributed by atoms with van der Waals surface area (Å²) in [6.07, 6.45) is 58.1. The lowest BCUT2D eigenvalue weighted by molar-refractivity contribution is 0.171. The Bertz CT molecular complexity index is 526. The average Bonchev–Trinajstić information content (AvgIpc) is 3.25. The predicted molar refractivity (Wildman–Crippen MR) is 269 cm³/mol. The van der Waals surface area contributed by atoms with Crippen LogP contribution >= 0.6 is 0 Å². The second kappa shape index (κ2) is 52.1. The van der Waals surface area contributed by atoms with Crippen LogP contribution in [0.15, 0.2) is 0 Å². The number of hydrogen-bond donors (Lipinski definition) is 0. The van der Waals surface area contributed by atoms with Crippen molar-refractivity contribution in [3.63, 3.8) is 0 Å². The minimum atomic E-state index is 1.12. The molecule has 0 nitrogen and oxygen atoms in total. The highest BCUT2D eigenvalue weighted by atomic mass is 14.3. The van der Waals surface area contributed by atoms with Gasteiger partial charge < -0.3 is 0 Å². The Balaban J connectivity index is -0.000000608. The first kappa shape index (κ1) is 61.3. The average molecular weight is 806 g/mol. The zero-order valence-corrected chi connectivity index (χ0v) is 43.0. The molecule has 0 aromatic rings. The van der Waals surface area contributed by atoms with Gasteiger partial charge in [0.05, 0.1) is 0 Å². The van der Waals surface area contributed by atoms with E-state index in [4.69, 9.17) is 0 Å². The molecule has 348 valence electrons. The van der Waals surface area contributed by atoms with E-state index in [0.29, 0.717) is 0 Å². The van der Waals surface area contributed by atoms with Crippen molar-refractivity contribution in [2.24, 2.45) is 35.5 Å². The first-order valence-electron chi connectivity index (χ1n) is 27.9. The van der Waals surface area contributed by atoms with Crippen LogP contribution in [0.4, 0.5) is 0 Å².